The summed E-state index contributed by atoms with van der Waals surface area (Å²) in [4.78, 5) is 13.7. The first-order chi connectivity index (χ1) is 6.20. The van der Waals surface area contributed by atoms with E-state index in [1.807, 2.05) is 0 Å². The average molecular weight is 194 g/mol. The fourth-order valence-corrected chi connectivity index (χ4v) is 1.37. The van der Waals surface area contributed by atoms with Crippen molar-refractivity contribution in [3.8, 4) is 0 Å². The highest BCUT2D eigenvalue weighted by atomic mass is 32.1. The molecule has 1 heterocycles. The van der Waals surface area contributed by atoms with Crippen LogP contribution in [-0.4, -0.2) is 14.9 Å². The second-order valence-electron chi connectivity index (χ2n) is 2.59. The molecule has 0 aliphatic heterocycles. The fraction of sp³-hybridized carbons (Fsp3) is 0. The Hall–Kier alpha value is -1.62. The van der Waals surface area contributed by atoms with Crippen LogP contribution in [0, 0.1) is 4.77 Å². The zero-order chi connectivity index (χ0) is 9.42. The summed E-state index contributed by atoms with van der Waals surface area (Å²) in [6.45, 7) is 0. The van der Waals surface area contributed by atoms with Gasteiger partial charge in [0.1, 0.15) is 0 Å². The number of hydrogen-bond acceptors (Lipinski definition) is 3. The number of aromatic amines is 1. The Morgan fingerprint density at radius 1 is 1.38 bits per heavy atom. The largest absolute Gasteiger partial charge is 0.426 e. The Balaban J connectivity index is 3.15. The molecule has 0 aliphatic carbocycles. The van der Waals surface area contributed by atoms with Gasteiger partial charge in [0, 0.05) is 0 Å². The average Bonchev–Trinajstić information content (AvgIpc) is 2.15. The molecular formula is C8H6N2O2S. The topological polar surface area (TPSA) is 58.0 Å². The molecule has 2 rings (SSSR count). The number of aromatic nitrogens is 2. The Morgan fingerprint density at radius 2 is 2.08 bits per heavy atom. The molecule has 0 saturated heterocycles. The van der Waals surface area contributed by atoms with Gasteiger partial charge in [0.25, 0.3) is 5.56 Å². The van der Waals surface area contributed by atoms with Crippen molar-refractivity contribution < 1.29 is 5.21 Å². The first-order valence-corrected chi connectivity index (χ1v) is 4.04. The number of fused-ring (bicyclic) bond motifs is 1. The Bertz CT molecular complexity index is 570. The van der Waals surface area contributed by atoms with Crippen LogP contribution in [0.1, 0.15) is 0 Å². The maximum absolute atomic E-state index is 11.3. The molecule has 1 aromatic heterocycles. The van der Waals surface area contributed by atoms with E-state index in [1.54, 1.807) is 24.3 Å². The number of rotatable bonds is 0. The van der Waals surface area contributed by atoms with E-state index in [1.165, 1.54) is 0 Å². The van der Waals surface area contributed by atoms with E-state index in [0.29, 0.717) is 10.9 Å². The standard InChI is InChI=1S/C8H6N2O2S/c11-7-5-3-1-2-4-6(5)10(12)8(13)9-7/h1-4,12H,(H,9,11,13). The van der Waals surface area contributed by atoms with Gasteiger partial charge < -0.3 is 5.21 Å². The third-order valence-corrected chi connectivity index (χ3v) is 2.06. The van der Waals surface area contributed by atoms with Gasteiger partial charge in [0.15, 0.2) is 0 Å². The second-order valence-corrected chi connectivity index (χ2v) is 2.97. The Kier molecular flexibility index (Phi) is 1.66. The van der Waals surface area contributed by atoms with E-state index >= 15 is 0 Å². The van der Waals surface area contributed by atoms with Crippen molar-refractivity contribution in [1.29, 1.82) is 0 Å². The van der Waals surface area contributed by atoms with E-state index in [4.69, 9.17) is 12.2 Å². The summed E-state index contributed by atoms with van der Waals surface area (Å²) < 4.78 is 0.787. The molecule has 0 atom stereocenters. The normalized spacial score (nSPS) is 10.5. The molecule has 5 heteroatoms. The summed E-state index contributed by atoms with van der Waals surface area (Å²) >= 11 is 4.73. The van der Waals surface area contributed by atoms with Gasteiger partial charge in [-0.1, -0.05) is 12.1 Å². The van der Waals surface area contributed by atoms with Crippen LogP contribution >= 0.6 is 12.2 Å². The van der Waals surface area contributed by atoms with Gasteiger partial charge in [-0.05, 0) is 24.4 Å². The maximum Gasteiger partial charge on any atom is 0.259 e. The van der Waals surface area contributed by atoms with Crippen LogP contribution in [0.4, 0.5) is 0 Å². The molecule has 13 heavy (non-hydrogen) atoms. The highest BCUT2D eigenvalue weighted by Crippen LogP contribution is 2.06. The number of nitrogens with one attached hydrogen (secondary N) is 1. The summed E-state index contributed by atoms with van der Waals surface area (Å²) in [7, 11) is 0. The molecule has 0 bridgehead atoms. The monoisotopic (exact) mass is 194 g/mol. The molecule has 4 nitrogen and oxygen atoms in total. The van der Waals surface area contributed by atoms with Crippen LogP contribution in [0.15, 0.2) is 29.1 Å². The van der Waals surface area contributed by atoms with Crippen LogP contribution in [0.25, 0.3) is 10.9 Å². The predicted octanol–water partition coefficient (Wildman–Crippen LogP) is 1.30. The SMILES string of the molecule is O=c1[nH]c(=S)n(O)c2ccccc12. The van der Waals surface area contributed by atoms with E-state index in [9.17, 15) is 10.0 Å². The summed E-state index contributed by atoms with van der Waals surface area (Å²) in [6.07, 6.45) is 0. The fourth-order valence-electron chi connectivity index (χ4n) is 1.18. The molecule has 2 N–H and O–H groups in total. The minimum atomic E-state index is -0.286. The summed E-state index contributed by atoms with van der Waals surface area (Å²) in [6, 6.07) is 6.69. The second kappa shape index (κ2) is 2.70. The van der Waals surface area contributed by atoms with Crippen molar-refractivity contribution in [2.75, 3.05) is 0 Å². The molecule has 66 valence electrons. The number of para-hydroxylation sites is 1. The van der Waals surface area contributed by atoms with E-state index in [-0.39, 0.29) is 10.3 Å². The van der Waals surface area contributed by atoms with E-state index < -0.39 is 0 Å². The molecule has 1 aromatic carbocycles. The quantitative estimate of drug-likeness (QED) is 0.491. The number of benzene rings is 1. The highest BCUT2D eigenvalue weighted by Gasteiger charge is 2.01. The zero-order valence-corrected chi connectivity index (χ0v) is 7.34. The van der Waals surface area contributed by atoms with Crippen molar-refractivity contribution >= 4 is 23.1 Å². The van der Waals surface area contributed by atoms with Crippen LogP contribution in [0.2, 0.25) is 0 Å². The van der Waals surface area contributed by atoms with Crippen molar-refractivity contribution in [3.63, 3.8) is 0 Å². The number of H-pyrrole nitrogens is 1. The third-order valence-electron chi connectivity index (χ3n) is 1.79. The zero-order valence-electron chi connectivity index (χ0n) is 6.52. The molecular weight excluding hydrogens is 188 g/mol. The molecule has 0 unspecified atom stereocenters. The van der Waals surface area contributed by atoms with Gasteiger partial charge in [-0.2, -0.15) is 4.73 Å². The third kappa shape index (κ3) is 1.13. The lowest BCUT2D eigenvalue weighted by atomic mass is 10.2. The molecule has 0 amide bonds. The van der Waals surface area contributed by atoms with Crippen LogP contribution in [0.3, 0.4) is 0 Å². The minimum Gasteiger partial charge on any atom is -0.426 e. The lowest BCUT2D eigenvalue weighted by molar-refractivity contribution is 0.190. The Labute approximate surface area is 78.0 Å². The van der Waals surface area contributed by atoms with Crippen molar-refractivity contribution in [1.82, 2.24) is 9.71 Å². The molecule has 0 fully saturated rings. The van der Waals surface area contributed by atoms with Crippen molar-refractivity contribution in [2.24, 2.45) is 0 Å². The molecule has 0 saturated carbocycles. The van der Waals surface area contributed by atoms with Gasteiger partial charge in [-0.3, -0.25) is 9.78 Å². The number of nitrogens with zero attached hydrogens (tertiary/aromatic N) is 1. The van der Waals surface area contributed by atoms with Crippen LogP contribution < -0.4 is 5.56 Å². The summed E-state index contributed by atoms with van der Waals surface area (Å²) in [5.41, 5.74) is 0.127. The van der Waals surface area contributed by atoms with Gasteiger partial charge in [0.2, 0.25) is 4.77 Å². The first-order valence-electron chi connectivity index (χ1n) is 3.63. The molecule has 0 aliphatic rings. The Morgan fingerprint density at radius 3 is 2.85 bits per heavy atom. The van der Waals surface area contributed by atoms with E-state index in [0.717, 1.165) is 4.73 Å². The van der Waals surface area contributed by atoms with Crippen LogP contribution in [0.5, 0.6) is 0 Å². The van der Waals surface area contributed by atoms with Gasteiger partial charge in [-0.15, -0.1) is 0 Å². The predicted molar refractivity (Wildman–Crippen MR) is 50.6 cm³/mol. The maximum atomic E-state index is 11.3. The molecule has 0 spiro atoms. The van der Waals surface area contributed by atoms with Crippen molar-refractivity contribution in [3.05, 3.63) is 39.4 Å². The molecule has 0 radical (unpaired) electrons. The van der Waals surface area contributed by atoms with Crippen molar-refractivity contribution in [2.45, 2.75) is 0 Å². The minimum absolute atomic E-state index is 0.00343. The summed E-state index contributed by atoms with van der Waals surface area (Å²) in [5.74, 6) is 0. The smallest absolute Gasteiger partial charge is 0.259 e. The van der Waals surface area contributed by atoms with Crippen LogP contribution in [-0.2, 0) is 0 Å². The van der Waals surface area contributed by atoms with E-state index in [2.05, 4.69) is 4.98 Å². The number of hydrogen-bond donors (Lipinski definition) is 2. The highest BCUT2D eigenvalue weighted by molar-refractivity contribution is 7.71. The lowest BCUT2D eigenvalue weighted by Crippen LogP contribution is -2.12. The molecule has 2 aromatic rings. The van der Waals surface area contributed by atoms with Gasteiger partial charge >= 0.3 is 0 Å². The van der Waals surface area contributed by atoms with Gasteiger partial charge in [0.05, 0.1) is 10.9 Å². The lowest BCUT2D eigenvalue weighted by Gasteiger charge is -2.01. The van der Waals surface area contributed by atoms with Gasteiger partial charge in [-0.25, -0.2) is 0 Å². The first kappa shape index (κ1) is 8.00. The summed E-state index contributed by atoms with van der Waals surface area (Å²) in [5, 5.41) is 9.84.